The van der Waals surface area contributed by atoms with Crippen molar-refractivity contribution < 1.29 is 19.4 Å². The van der Waals surface area contributed by atoms with Crippen LogP contribution < -0.4 is 24.4 Å². The summed E-state index contributed by atoms with van der Waals surface area (Å²) >= 11 is 13.4. The van der Waals surface area contributed by atoms with Gasteiger partial charge in [0.05, 0.1) is 35.0 Å². The minimum absolute atomic E-state index is 0.0680. The van der Waals surface area contributed by atoms with Gasteiger partial charge in [-0.25, -0.2) is 4.99 Å². The molecule has 8 nitrogen and oxygen atoms in total. The van der Waals surface area contributed by atoms with E-state index < -0.39 is 11.6 Å². The molecule has 2 heterocycles. The van der Waals surface area contributed by atoms with Crippen molar-refractivity contribution in [3.8, 4) is 17.2 Å². The molecule has 0 saturated carbocycles. The number of ether oxygens (including phenoxy) is 2. The average Bonchev–Trinajstić information content (AvgIpc) is 3.20. The van der Waals surface area contributed by atoms with Gasteiger partial charge in [0, 0.05) is 29.2 Å². The monoisotopic (exact) mass is 575 g/mol. The summed E-state index contributed by atoms with van der Waals surface area (Å²) in [4.78, 5) is 34.5. The van der Waals surface area contributed by atoms with Crippen LogP contribution in [0.3, 0.4) is 0 Å². The first-order valence-electron chi connectivity index (χ1n) is 11.9. The Labute approximate surface area is 233 Å². The van der Waals surface area contributed by atoms with Gasteiger partial charge in [-0.15, -0.1) is 0 Å². The number of nitrogens with zero attached hydrogens (tertiary/aromatic N) is 3. The molecule has 1 amide bonds. The van der Waals surface area contributed by atoms with Crippen LogP contribution in [0.5, 0.6) is 17.2 Å². The second-order valence-corrected chi connectivity index (χ2v) is 10.3. The Bertz CT molecular complexity index is 1620. The van der Waals surface area contributed by atoms with E-state index in [1.54, 1.807) is 37.1 Å². The van der Waals surface area contributed by atoms with Gasteiger partial charge in [0.1, 0.15) is 23.3 Å². The van der Waals surface area contributed by atoms with E-state index in [2.05, 4.69) is 4.99 Å². The summed E-state index contributed by atoms with van der Waals surface area (Å²) in [6.45, 7) is 6.54. The summed E-state index contributed by atoms with van der Waals surface area (Å²) in [5.41, 5.74) is 1.35. The lowest BCUT2D eigenvalue weighted by molar-refractivity contribution is -0.127. The molecular formula is C27H27Cl2N3O5S. The number of amides is 1. The Balaban J connectivity index is 2.05. The highest BCUT2D eigenvalue weighted by Crippen LogP contribution is 2.38. The number of aromatic hydroxyl groups is 1. The number of benzene rings is 2. The number of fused-ring (bicyclic) bond motifs is 1. The van der Waals surface area contributed by atoms with Crippen LogP contribution in [0.4, 0.5) is 0 Å². The number of likely N-dealkylation sites (N-methyl/N-ethyl adjacent to an activating group) is 1. The number of hydrogen-bond donors (Lipinski definition) is 1. The average molecular weight is 577 g/mol. The number of allylic oxidation sites excluding steroid dienone is 1. The Kier molecular flexibility index (Phi) is 8.20. The third kappa shape index (κ3) is 4.93. The largest absolute Gasteiger partial charge is 0.506 e. The van der Waals surface area contributed by atoms with Crippen molar-refractivity contribution in [1.29, 1.82) is 0 Å². The van der Waals surface area contributed by atoms with E-state index in [1.165, 1.54) is 29.9 Å². The molecule has 0 saturated heterocycles. The number of thiazole rings is 1. The highest BCUT2D eigenvalue weighted by molar-refractivity contribution is 7.07. The molecule has 1 aliphatic rings. The Morgan fingerprint density at radius 3 is 2.53 bits per heavy atom. The smallest absolute Gasteiger partial charge is 0.271 e. The first-order valence-corrected chi connectivity index (χ1v) is 13.4. The van der Waals surface area contributed by atoms with E-state index in [1.807, 2.05) is 13.8 Å². The maximum Gasteiger partial charge on any atom is 0.271 e. The number of aromatic nitrogens is 1. The molecule has 1 atom stereocenters. The van der Waals surface area contributed by atoms with Crippen LogP contribution in [-0.2, 0) is 4.79 Å². The lowest BCUT2D eigenvalue weighted by Crippen LogP contribution is -2.43. The first kappa shape index (κ1) is 27.8. The van der Waals surface area contributed by atoms with Crippen LogP contribution in [0.1, 0.15) is 37.9 Å². The van der Waals surface area contributed by atoms with Crippen molar-refractivity contribution >= 4 is 46.5 Å². The van der Waals surface area contributed by atoms with Crippen LogP contribution in [-0.4, -0.2) is 47.8 Å². The predicted octanol–water partition coefficient (Wildman–Crippen LogP) is 4.13. The van der Waals surface area contributed by atoms with E-state index in [-0.39, 0.29) is 21.2 Å². The molecule has 1 aromatic heterocycles. The highest BCUT2D eigenvalue weighted by atomic mass is 35.5. The molecule has 1 N–H and O–H groups in total. The quantitative estimate of drug-likeness (QED) is 0.457. The van der Waals surface area contributed by atoms with Crippen LogP contribution in [0, 0.1) is 0 Å². The molecular weight excluding hydrogens is 549 g/mol. The Morgan fingerprint density at radius 1 is 1.18 bits per heavy atom. The zero-order valence-corrected chi connectivity index (χ0v) is 23.9. The van der Waals surface area contributed by atoms with Gasteiger partial charge in [0.15, 0.2) is 4.80 Å². The Hall–Kier alpha value is -3.27. The van der Waals surface area contributed by atoms with Gasteiger partial charge >= 0.3 is 0 Å². The maximum atomic E-state index is 13.9. The molecule has 11 heteroatoms. The maximum absolute atomic E-state index is 13.9. The van der Waals surface area contributed by atoms with Gasteiger partial charge in [-0.05, 0) is 57.2 Å². The molecule has 200 valence electrons. The minimum Gasteiger partial charge on any atom is -0.506 e. The van der Waals surface area contributed by atoms with Crippen molar-refractivity contribution in [3.05, 3.63) is 82.5 Å². The van der Waals surface area contributed by atoms with Gasteiger partial charge in [-0.2, -0.15) is 0 Å². The summed E-state index contributed by atoms with van der Waals surface area (Å²) in [7, 11) is 3.08. The summed E-state index contributed by atoms with van der Waals surface area (Å²) in [6, 6.07) is 7.36. The number of rotatable bonds is 7. The highest BCUT2D eigenvalue weighted by Gasteiger charge is 2.36. The van der Waals surface area contributed by atoms with Crippen LogP contribution in [0.2, 0.25) is 10.0 Å². The zero-order valence-electron chi connectivity index (χ0n) is 21.5. The Morgan fingerprint density at radius 2 is 1.89 bits per heavy atom. The molecule has 1 aliphatic heterocycles. The lowest BCUT2D eigenvalue weighted by Gasteiger charge is -2.30. The molecule has 0 aliphatic carbocycles. The van der Waals surface area contributed by atoms with Gasteiger partial charge in [-0.1, -0.05) is 34.5 Å². The van der Waals surface area contributed by atoms with Crippen molar-refractivity contribution in [2.75, 3.05) is 27.3 Å². The van der Waals surface area contributed by atoms with Gasteiger partial charge in [0.25, 0.3) is 11.5 Å². The second-order valence-electron chi connectivity index (χ2n) is 8.49. The van der Waals surface area contributed by atoms with E-state index in [0.717, 1.165) is 11.3 Å². The number of phenols is 1. The van der Waals surface area contributed by atoms with Gasteiger partial charge in [0.2, 0.25) is 0 Å². The zero-order chi connectivity index (χ0) is 27.7. The molecule has 0 unspecified atom stereocenters. The molecule has 0 fully saturated rings. The third-order valence-corrected chi connectivity index (χ3v) is 7.87. The van der Waals surface area contributed by atoms with E-state index in [0.29, 0.717) is 56.8 Å². The number of carbonyl (C=O) groups is 1. The molecule has 0 bridgehead atoms. The molecule has 2 aromatic carbocycles. The van der Waals surface area contributed by atoms with Crippen LogP contribution in [0.25, 0.3) is 6.08 Å². The summed E-state index contributed by atoms with van der Waals surface area (Å²) < 4.78 is 12.9. The second kappa shape index (κ2) is 11.2. The summed E-state index contributed by atoms with van der Waals surface area (Å²) in [5.74, 6) is 0.621. The van der Waals surface area contributed by atoms with Crippen LogP contribution in [0.15, 0.2) is 51.4 Å². The summed E-state index contributed by atoms with van der Waals surface area (Å²) in [6.07, 6.45) is 1.52. The topological polar surface area (TPSA) is 93.4 Å². The van der Waals surface area contributed by atoms with Gasteiger partial charge < -0.3 is 19.5 Å². The van der Waals surface area contributed by atoms with E-state index in [4.69, 9.17) is 32.7 Å². The fourth-order valence-corrected chi connectivity index (χ4v) is 6.01. The lowest BCUT2D eigenvalue weighted by atomic mass is 9.93. The molecule has 0 radical (unpaired) electrons. The fourth-order valence-electron chi connectivity index (χ4n) is 4.46. The van der Waals surface area contributed by atoms with Crippen molar-refractivity contribution in [2.24, 2.45) is 4.99 Å². The first-order chi connectivity index (χ1) is 18.1. The minimum atomic E-state index is -0.830. The third-order valence-electron chi connectivity index (χ3n) is 6.38. The number of halogens is 2. The molecule has 3 aromatic rings. The normalized spacial score (nSPS) is 15.2. The van der Waals surface area contributed by atoms with Crippen molar-refractivity contribution in [2.45, 2.75) is 26.8 Å². The van der Waals surface area contributed by atoms with Crippen molar-refractivity contribution in [1.82, 2.24) is 9.47 Å². The van der Waals surface area contributed by atoms with Crippen molar-refractivity contribution in [3.63, 3.8) is 0 Å². The summed E-state index contributed by atoms with van der Waals surface area (Å²) in [5, 5.41) is 10.8. The van der Waals surface area contributed by atoms with E-state index in [9.17, 15) is 14.7 Å². The van der Waals surface area contributed by atoms with Gasteiger partial charge in [-0.3, -0.25) is 14.2 Å². The standard InChI is InChI=1S/C27H27Cl2N3O5S/c1-6-31(7-2)26(35)22-14(3)30-27-32(23(22)18-13-17(36-4)8-9-20(18)37-5)25(34)21(38-27)11-15-10-16(28)12-19(29)24(15)33/h8-13,23,33H,6-7H2,1-5H3/b21-11+/t23-/m0/s1. The van der Waals surface area contributed by atoms with Crippen LogP contribution >= 0.6 is 34.5 Å². The number of carbonyl (C=O) groups excluding carboxylic acids is 1. The molecule has 0 spiro atoms. The fraction of sp³-hybridized carbons (Fsp3) is 0.296. The molecule has 4 rings (SSSR count). The SMILES string of the molecule is CCN(CC)C(=O)C1=C(C)N=c2s/c(=C/c3cc(Cl)cc(Cl)c3O)c(=O)n2[C@H]1c1cc(OC)ccc1OC. The number of hydrogen-bond acceptors (Lipinski definition) is 7. The molecule has 38 heavy (non-hydrogen) atoms. The van der Waals surface area contributed by atoms with E-state index >= 15 is 0 Å². The number of phenolic OH excluding ortho intramolecular Hbond substituents is 1. The number of methoxy groups -OCH3 is 2. The predicted molar refractivity (Wildman–Crippen MR) is 149 cm³/mol.